The van der Waals surface area contributed by atoms with Crippen LogP contribution in [0.4, 0.5) is 8.78 Å². The SMILES string of the molecule is COCCN1CC2CC(OC)c3c(C(=O)NCc4ccc(F)cc4F)c(=O)c(O)c(n32)C1=O. The van der Waals surface area contributed by atoms with Gasteiger partial charge in [0.25, 0.3) is 11.8 Å². The Morgan fingerprint density at radius 1 is 1.27 bits per heavy atom. The van der Waals surface area contributed by atoms with Crippen molar-refractivity contribution in [2.45, 2.75) is 25.1 Å². The van der Waals surface area contributed by atoms with E-state index in [0.717, 1.165) is 6.07 Å². The second-order valence-electron chi connectivity index (χ2n) is 7.93. The number of amides is 2. The molecule has 0 radical (unpaired) electrons. The molecule has 2 aliphatic rings. The summed E-state index contributed by atoms with van der Waals surface area (Å²) in [4.78, 5) is 40.5. The van der Waals surface area contributed by atoms with Crippen LogP contribution in [0.1, 0.15) is 50.7 Å². The number of carbonyl (C=O) groups is 2. The van der Waals surface area contributed by atoms with E-state index in [-0.39, 0.29) is 48.3 Å². The van der Waals surface area contributed by atoms with Gasteiger partial charge in [-0.25, -0.2) is 8.78 Å². The number of ether oxygens (including phenoxy) is 2. The first-order chi connectivity index (χ1) is 15.8. The van der Waals surface area contributed by atoms with Gasteiger partial charge in [0, 0.05) is 51.9 Å². The molecule has 0 fully saturated rings. The smallest absolute Gasteiger partial charge is 0.274 e. The first-order valence-electron chi connectivity index (χ1n) is 10.3. The summed E-state index contributed by atoms with van der Waals surface area (Å²) in [5.74, 6) is -3.84. The van der Waals surface area contributed by atoms with E-state index >= 15 is 0 Å². The summed E-state index contributed by atoms with van der Waals surface area (Å²) in [6, 6.07) is 2.60. The highest BCUT2D eigenvalue weighted by Crippen LogP contribution is 2.43. The van der Waals surface area contributed by atoms with E-state index < -0.39 is 40.7 Å². The first-order valence-corrected chi connectivity index (χ1v) is 10.3. The van der Waals surface area contributed by atoms with Gasteiger partial charge in [-0.2, -0.15) is 0 Å². The fourth-order valence-corrected chi connectivity index (χ4v) is 4.45. The summed E-state index contributed by atoms with van der Waals surface area (Å²) in [6.07, 6.45) is -0.281. The Morgan fingerprint density at radius 2 is 2.03 bits per heavy atom. The number of carbonyl (C=O) groups excluding carboxylic acids is 2. The highest BCUT2D eigenvalue weighted by Gasteiger charge is 2.45. The number of halogens is 2. The molecule has 11 heteroatoms. The molecular weight excluding hydrogens is 440 g/mol. The molecule has 2 aromatic rings. The minimum absolute atomic E-state index is 0.0218. The highest BCUT2D eigenvalue weighted by atomic mass is 19.1. The van der Waals surface area contributed by atoms with E-state index in [1.807, 2.05) is 0 Å². The van der Waals surface area contributed by atoms with Crippen LogP contribution < -0.4 is 10.7 Å². The number of aromatic nitrogens is 1. The van der Waals surface area contributed by atoms with Crippen LogP contribution in [-0.4, -0.2) is 60.3 Å². The molecule has 2 aliphatic heterocycles. The number of aromatic hydroxyl groups is 1. The lowest BCUT2D eigenvalue weighted by molar-refractivity contribution is 0.0575. The van der Waals surface area contributed by atoms with Gasteiger partial charge in [0.1, 0.15) is 23.3 Å². The van der Waals surface area contributed by atoms with Gasteiger partial charge in [-0.3, -0.25) is 14.4 Å². The van der Waals surface area contributed by atoms with Crippen LogP contribution in [0.5, 0.6) is 5.75 Å². The summed E-state index contributed by atoms with van der Waals surface area (Å²) in [7, 11) is 2.92. The monoisotopic (exact) mass is 463 g/mol. The van der Waals surface area contributed by atoms with Gasteiger partial charge >= 0.3 is 0 Å². The van der Waals surface area contributed by atoms with E-state index in [2.05, 4.69) is 5.32 Å². The van der Waals surface area contributed by atoms with Gasteiger partial charge in [0.05, 0.1) is 18.3 Å². The number of hydrogen-bond acceptors (Lipinski definition) is 6. The lowest BCUT2D eigenvalue weighted by Crippen LogP contribution is -2.45. The molecule has 1 aromatic carbocycles. The molecule has 0 bridgehead atoms. The van der Waals surface area contributed by atoms with E-state index in [4.69, 9.17) is 9.47 Å². The van der Waals surface area contributed by atoms with Gasteiger partial charge in [-0.15, -0.1) is 0 Å². The highest BCUT2D eigenvalue weighted by molar-refractivity contribution is 6.00. The van der Waals surface area contributed by atoms with Crippen LogP contribution in [0.15, 0.2) is 23.0 Å². The van der Waals surface area contributed by atoms with Crippen molar-refractivity contribution in [2.24, 2.45) is 0 Å². The Balaban J connectivity index is 1.74. The summed E-state index contributed by atoms with van der Waals surface area (Å²) in [5, 5.41) is 13.1. The van der Waals surface area contributed by atoms with Gasteiger partial charge < -0.3 is 29.4 Å². The number of benzene rings is 1. The molecule has 2 amide bonds. The zero-order chi connectivity index (χ0) is 23.9. The quantitative estimate of drug-likeness (QED) is 0.644. The van der Waals surface area contributed by atoms with Crippen LogP contribution >= 0.6 is 0 Å². The topological polar surface area (TPSA) is 110 Å². The number of rotatable bonds is 7. The Bertz CT molecular complexity index is 1180. The zero-order valence-corrected chi connectivity index (χ0v) is 18.1. The molecule has 2 atom stereocenters. The lowest BCUT2D eigenvalue weighted by atomic mass is 10.1. The number of nitrogens with zero attached hydrogens (tertiary/aromatic N) is 2. The molecule has 176 valence electrons. The maximum Gasteiger partial charge on any atom is 0.274 e. The van der Waals surface area contributed by atoms with Gasteiger partial charge in [0.2, 0.25) is 5.43 Å². The molecule has 0 aliphatic carbocycles. The molecule has 33 heavy (non-hydrogen) atoms. The molecular formula is C22H23F2N3O6. The van der Waals surface area contributed by atoms with Gasteiger partial charge in [-0.05, 0) is 6.07 Å². The van der Waals surface area contributed by atoms with E-state index in [1.54, 1.807) is 0 Å². The van der Waals surface area contributed by atoms with Crippen LogP contribution in [0.2, 0.25) is 0 Å². The fourth-order valence-electron chi connectivity index (χ4n) is 4.45. The zero-order valence-electron chi connectivity index (χ0n) is 18.1. The van der Waals surface area contributed by atoms with Crippen molar-refractivity contribution in [2.75, 3.05) is 33.9 Å². The van der Waals surface area contributed by atoms with Crippen molar-refractivity contribution < 1.29 is 33.0 Å². The maximum atomic E-state index is 13.9. The Hall–Kier alpha value is -3.31. The van der Waals surface area contributed by atoms with Crippen LogP contribution in [0.25, 0.3) is 0 Å². The van der Waals surface area contributed by atoms with Crippen LogP contribution in [-0.2, 0) is 16.0 Å². The summed E-state index contributed by atoms with van der Waals surface area (Å²) in [5.41, 5.74) is -1.36. The second kappa shape index (κ2) is 8.91. The maximum absolute atomic E-state index is 13.9. The largest absolute Gasteiger partial charge is 0.503 e. The molecule has 0 spiro atoms. The number of hydrogen-bond donors (Lipinski definition) is 2. The molecule has 0 saturated heterocycles. The molecule has 2 N–H and O–H groups in total. The molecule has 0 saturated carbocycles. The third-order valence-corrected chi connectivity index (χ3v) is 6.03. The predicted octanol–water partition coefficient (Wildman–Crippen LogP) is 1.50. The van der Waals surface area contributed by atoms with Crippen LogP contribution in [0.3, 0.4) is 0 Å². The van der Waals surface area contributed by atoms with Gasteiger partial charge in [-0.1, -0.05) is 6.07 Å². The average molecular weight is 463 g/mol. The minimum atomic E-state index is -1.02. The van der Waals surface area contributed by atoms with Crippen molar-refractivity contribution in [1.29, 1.82) is 0 Å². The third-order valence-electron chi connectivity index (χ3n) is 6.03. The first kappa shape index (κ1) is 22.9. The standard InChI is InChI=1S/C22H23F2N3O6/c1-32-6-5-26-10-13-8-15(33-2)17-16(19(28)20(29)18(22(26)31)27(13)17)21(30)25-9-11-3-4-12(23)7-14(11)24/h3-4,7,13,15,29H,5-6,8-10H2,1-2H3,(H,25,30). The molecule has 4 rings (SSSR count). The Kier molecular flexibility index (Phi) is 6.17. The number of pyridine rings is 1. The summed E-state index contributed by atoms with van der Waals surface area (Å²) in [6.45, 7) is 0.547. The van der Waals surface area contributed by atoms with Gasteiger partial charge in [0.15, 0.2) is 11.4 Å². The average Bonchev–Trinajstić information content (AvgIpc) is 3.14. The third kappa shape index (κ3) is 3.87. The predicted molar refractivity (Wildman–Crippen MR) is 111 cm³/mol. The van der Waals surface area contributed by atoms with Crippen molar-refractivity contribution in [3.8, 4) is 5.75 Å². The Morgan fingerprint density at radius 3 is 2.70 bits per heavy atom. The van der Waals surface area contributed by atoms with Crippen molar-refractivity contribution in [3.63, 3.8) is 0 Å². The molecule has 2 unspecified atom stereocenters. The van der Waals surface area contributed by atoms with E-state index in [0.29, 0.717) is 19.0 Å². The van der Waals surface area contributed by atoms with Crippen molar-refractivity contribution in [1.82, 2.24) is 14.8 Å². The normalized spacial score (nSPS) is 19.0. The number of nitrogens with one attached hydrogen (secondary N) is 1. The van der Waals surface area contributed by atoms with Crippen molar-refractivity contribution in [3.05, 3.63) is 62.6 Å². The second-order valence-corrected chi connectivity index (χ2v) is 7.93. The minimum Gasteiger partial charge on any atom is -0.503 e. The lowest BCUT2D eigenvalue weighted by Gasteiger charge is -2.34. The summed E-state index contributed by atoms with van der Waals surface area (Å²) < 4.78 is 39.1. The number of methoxy groups -OCH3 is 2. The molecule has 1 aromatic heterocycles. The molecule has 3 heterocycles. The van der Waals surface area contributed by atoms with E-state index in [9.17, 15) is 28.3 Å². The summed E-state index contributed by atoms with van der Waals surface area (Å²) >= 11 is 0. The van der Waals surface area contributed by atoms with E-state index in [1.165, 1.54) is 29.8 Å². The van der Waals surface area contributed by atoms with Crippen molar-refractivity contribution >= 4 is 11.8 Å². The fraction of sp³-hybridized carbons (Fsp3) is 0.409. The molecule has 9 nitrogen and oxygen atoms in total. The Labute approximate surface area is 187 Å². The van der Waals surface area contributed by atoms with Crippen LogP contribution in [0, 0.1) is 11.6 Å².